The summed E-state index contributed by atoms with van der Waals surface area (Å²) in [4.78, 5) is 7.02. The Morgan fingerprint density at radius 1 is 1.32 bits per heavy atom. The summed E-state index contributed by atoms with van der Waals surface area (Å²) >= 11 is 0. The fourth-order valence-corrected chi connectivity index (χ4v) is 3.57. The highest BCUT2D eigenvalue weighted by Gasteiger charge is 2.31. The molecule has 1 N–H and O–H groups in total. The van der Waals surface area contributed by atoms with Gasteiger partial charge in [0.1, 0.15) is 11.4 Å². The maximum Gasteiger partial charge on any atom is 0.139 e. The number of fused-ring (bicyclic) bond motifs is 2. The minimum absolute atomic E-state index is 0.716. The Hall–Kier alpha value is -1.55. The van der Waals surface area contributed by atoms with E-state index in [1.165, 1.54) is 25.8 Å². The summed E-state index contributed by atoms with van der Waals surface area (Å²) in [6.07, 6.45) is 7.48. The van der Waals surface area contributed by atoms with E-state index in [4.69, 9.17) is 4.42 Å². The second-order valence-corrected chi connectivity index (χ2v) is 5.66. The quantitative estimate of drug-likeness (QED) is 0.851. The number of furan rings is 1. The molecular formula is C15H19N3O. The van der Waals surface area contributed by atoms with Crippen LogP contribution in [0.5, 0.6) is 0 Å². The number of hydrogen-bond donors (Lipinski definition) is 1. The molecule has 0 aromatic carbocycles. The predicted molar refractivity (Wildman–Crippen MR) is 75.4 cm³/mol. The standard InChI is InChI=1S/C15H19N3O/c1-2-11-10-18(8-4-13(11)16-6-1)15-12-5-9-19-14(12)3-7-17-15/h3,5,7,9,11,13,16H,1-2,4,6,8,10H2. The van der Waals surface area contributed by atoms with E-state index >= 15 is 0 Å². The van der Waals surface area contributed by atoms with Crippen LogP contribution in [0.1, 0.15) is 19.3 Å². The van der Waals surface area contributed by atoms with Crippen LogP contribution in [-0.4, -0.2) is 30.7 Å². The first-order valence-electron chi connectivity index (χ1n) is 7.22. The van der Waals surface area contributed by atoms with Crippen molar-refractivity contribution in [3.8, 4) is 0 Å². The van der Waals surface area contributed by atoms with E-state index in [1.54, 1.807) is 6.26 Å². The number of piperidine rings is 2. The van der Waals surface area contributed by atoms with Gasteiger partial charge in [0.15, 0.2) is 0 Å². The molecule has 2 aromatic heterocycles. The number of nitrogens with zero attached hydrogens (tertiary/aromatic N) is 2. The van der Waals surface area contributed by atoms with Gasteiger partial charge in [-0.1, -0.05) is 0 Å². The molecule has 2 aromatic rings. The zero-order valence-electron chi connectivity index (χ0n) is 11.0. The van der Waals surface area contributed by atoms with Crippen LogP contribution in [0, 0.1) is 5.92 Å². The number of anilines is 1. The number of hydrogen-bond acceptors (Lipinski definition) is 4. The lowest BCUT2D eigenvalue weighted by molar-refractivity contribution is 0.244. The minimum atomic E-state index is 0.716. The lowest BCUT2D eigenvalue weighted by Gasteiger charge is -2.42. The molecule has 4 rings (SSSR count). The Morgan fingerprint density at radius 3 is 3.32 bits per heavy atom. The third-order valence-electron chi connectivity index (χ3n) is 4.55. The SMILES string of the molecule is c1cc2occc2c(N2CCC3NCCCC3C2)n1. The van der Waals surface area contributed by atoms with Crippen LogP contribution in [0.2, 0.25) is 0 Å². The molecule has 2 saturated heterocycles. The van der Waals surface area contributed by atoms with Crippen LogP contribution in [0.25, 0.3) is 11.0 Å². The predicted octanol–water partition coefficient (Wildman–Crippen LogP) is 2.41. The third kappa shape index (κ3) is 1.91. The van der Waals surface area contributed by atoms with Crippen LogP contribution in [0.3, 0.4) is 0 Å². The second kappa shape index (κ2) is 4.53. The molecule has 2 aliphatic rings. The molecule has 100 valence electrons. The van der Waals surface area contributed by atoms with Crippen LogP contribution in [0.15, 0.2) is 29.0 Å². The highest BCUT2D eigenvalue weighted by Crippen LogP contribution is 2.31. The van der Waals surface area contributed by atoms with E-state index in [1.807, 2.05) is 18.3 Å². The Labute approximate surface area is 112 Å². The summed E-state index contributed by atoms with van der Waals surface area (Å²) in [6.45, 7) is 3.40. The summed E-state index contributed by atoms with van der Waals surface area (Å²) in [5.41, 5.74) is 0.939. The van der Waals surface area contributed by atoms with Crippen molar-refractivity contribution in [2.75, 3.05) is 24.5 Å². The average Bonchev–Trinajstić information content (AvgIpc) is 2.95. The van der Waals surface area contributed by atoms with Gasteiger partial charge < -0.3 is 14.6 Å². The Kier molecular flexibility index (Phi) is 2.69. The Bertz CT molecular complexity index is 580. The monoisotopic (exact) mass is 257 g/mol. The molecule has 0 amide bonds. The topological polar surface area (TPSA) is 41.3 Å². The second-order valence-electron chi connectivity index (χ2n) is 5.66. The van der Waals surface area contributed by atoms with Gasteiger partial charge in [0.25, 0.3) is 0 Å². The third-order valence-corrected chi connectivity index (χ3v) is 4.55. The molecule has 4 heterocycles. The molecule has 19 heavy (non-hydrogen) atoms. The molecule has 0 saturated carbocycles. The van der Waals surface area contributed by atoms with Crippen LogP contribution in [0.4, 0.5) is 5.82 Å². The number of aromatic nitrogens is 1. The first kappa shape index (κ1) is 11.3. The van der Waals surface area contributed by atoms with E-state index in [-0.39, 0.29) is 0 Å². The summed E-state index contributed by atoms with van der Waals surface area (Å²) in [7, 11) is 0. The van der Waals surface area contributed by atoms with Crippen molar-refractivity contribution in [2.24, 2.45) is 5.92 Å². The smallest absolute Gasteiger partial charge is 0.139 e. The van der Waals surface area contributed by atoms with E-state index < -0.39 is 0 Å². The summed E-state index contributed by atoms with van der Waals surface area (Å²) in [5.74, 6) is 1.86. The van der Waals surface area contributed by atoms with Crippen LogP contribution >= 0.6 is 0 Å². The van der Waals surface area contributed by atoms with Gasteiger partial charge in [0, 0.05) is 25.3 Å². The molecule has 0 bridgehead atoms. The zero-order valence-corrected chi connectivity index (χ0v) is 11.0. The van der Waals surface area contributed by atoms with E-state index in [0.29, 0.717) is 6.04 Å². The molecule has 4 heteroatoms. The van der Waals surface area contributed by atoms with Gasteiger partial charge in [-0.2, -0.15) is 0 Å². The molecule has 2 fully saturated rings. The van der Waals surface area contributed by atoms with Crippen molar-refractivity contribution >= 4 is 16.8 Å². The van der Waals surface area contributed by atoms with Gasteiger partial charge in [-0.25, -0.2) is 4.98 Å². The van der Waals surface area contributed by atoms with Gasteiger partial charge in [-0.15, -0.1) is 0 Å². The summed E-state index contributed by atoms with van der Waals surface area (Å²) < 4.78 is 5.48. The van der Waals surface area contributed by atoms with E-state index in [0.717, 1.165) is 35.8 Å². The summed E-state index contributed by atoms with van der Waals surface area (Å²) in [5, 5.41) is 4.80. The molecule has 0 radical (unpaired) electrons. The lowest BCUT2D eigenvalue weighted by atomic mass is 9.85. The van der Waals surface area contributed by atoms with Crippen LogP contribution in [-0.2, 0) is 0 Å². The largest absolute Gasteiger partial charge is 0.464 e. The van der Waals surface area contributed by atoms with Crippen molar-refractivity contribution in [3.05, 3.63) is 24.6 Å². The van der Waals surface area contributed by atoms with Crippen molar-refractivity contribution in [2.45, 2.75) is 25.3 Å². The molecule has 2 aliphatic heterocycles. The molecule has 2 unspecified atom stereocenters. The number of rotatable bonds is 1. The van der Waals surface area contributed by atoms with Crippen molar-refractivity contribution in [1.29, 1.82) is 0 Å². The van der Waals surface area contributed by atoms with Gasteiger partial charge in [-0.3, -0.25) is 0 Å². The fourth-order valence-electron chi connectivity index (χ4n) is 3.57. The molecule has 2 atom stereocenters. The molecule has 0 spiro atoms. The first-order chi connectivity index (χ1) is 9.42. The van der Waals surface area contributed by atoms with Gasteiger partial charge in [0.05, 0.1) is 11.6 Å². The Morgan fingerprint density at radius 2 is 2.32 bits per heavy atom. The highest BCUT2D eigenvalue weighted by atomic mass is 16.3. The van der Waals surface area contributed by atoms with E-state index in [2.05, 4.69) is 15.2 Å². The zero-order chi connectivity index (χ0) is 12.7. The van der Waals surface area contributed by atoms with Crippen molar-refractivity contribution in [1.82, 2.24) is 10.3 Å². The molecular weight excluding hydrogens is 238 g/mol. The highest BCUT2D eigenvalue weighted by molar-refractivity contribution is 5.88. The van der Waals surface area contributed by atoms with Crippen molar-refractivity contribution < 1.29 is 4.42 Å². The maximum absolute atomic E-state index is 5.48. The fraction of sp³-hybridized carbons (Fsp3) is 0.533. The van der Waals surface area contributed by atoms with Gasteiger partial charge in [-0.05, 0) is 43.9 Å². The van der Waals surface area contributed by atoms with Gasteiger partial charge in [0.2, 0.25) is 0 Å². The maximum atomic E-state index is 5.48. The average molecular weight is 257 g/mol. The normalized spacial score (nSPS) is 27.5. The summed E-state index contributed by atoms with van der Waals surface area (Å²) in [6, 6.07) is 4.69. The van der Waals surface area contributed by atoms with Gasteiger partial charge >= 0.3 is 0 Å². The number of nitrogens with one attached hydrogen (secondary N) is 1. The Balaban J connectivity index is 1.64. The van der Waals surface area contributed by atoms with Crippen molar-refractivity contribution in [3.63, 3.8) is 0 Å². The van der Waals surface area contributed by atoms with Crippen LogP contribution < -0.4 is 10.2 Å². The molecule has 0 aliphatic carbocycles. The first-order valence-corrected chi connectivity index (χ1v) is 7.22. The minimum Gasteiger partial charge on any atom is -0.464 e. The number of pyridine rings is 1. The lowest BCUT2D eigenvalue weighted by Crippen LogP contribution is -2.52. The van der Waals surface area contributed by atoms with E-state index in [9.17, 15) is 0 Å². The molecule has 4 nitrogen and oxygen atoms in total.